The molecule has 20 heavy (non-hydrogen) atoms. The summed E-state index contributed by atoms with van der Waals surface area (Å²) in [6, 6.07) is 4.26. The normalized spacial score (nSPS) is 12.4. The van der Waals surface area contributed by atoms with Crippen molar-refractivity contribution < 1.29 is 8.42 Å². The summed E-state index contributed by atoms with van der Waals surface area (Å²) in [5.74, 6) is 0.895. The highest BCUT2D eigenvalue weighted by Gasteiger charge is 2.03. The molecular weight excluding hydrogens is 294 g/mol. The van der Waals surface area contributed by atoms with Crippen LogP contribution in [0.2, 0.25) is 0 Å². The molecule has 5 nitrogen and oxygen atoms in total. The highest BCUT2D eigenvalue weighted by molar-refractivity contribution is 7.90. The third-order valence-electron chi connectivity index (χ3n) is 2.70. The van der Waals surface area contributed by atoms with Gasteiger partial charge < -0.3 is 10.6 Å². The van der Waals surface area contributed by atoms with Gasteiger partial charge in [-0.1, -0.05) is 6.92 Å². The third kappa shape index (κ3) is 6.91. The zero-order chi connectivity index (χ0) is 15.0. The molecular formula is C13H23N3O2S2. The molecule has 1 aromatic heterocycles. The van der Waals surface area contributed by atoms with E-state index in [-0.39, 0.29) is 5.75 Å². The van der Waals surface area contributed by atoms with Crippen LogP contribution >= 0.6 is 11.3 Å². The molecule has 0 atom stereocenters. The Labute approximate surface area is 125 Å². The van der Waals surface area contributed by atoms with Gasteiger partial charge in [-0.25, -0.2) is 8.42 Å². The number of sulfone groups is 1. The molecule has 0 aromatic carbocycles. The number of guanidine groups is 1. The van der Waals surface area contributed by atoms with E-state index in [0.29, 0.717) is 18.9 Å². The summed E-state index contributed by atoms with van der Waals surface area (Å²) in [5.41, 5.74) is 0. The van der Waals surface area contributed by atoms with Crippen LogP contribution in [0.3, 0.4) is 0 Å². The van der Waals surface area contributed by atoms with Crippen LogP contribution in [-0.2, 0) is 22.8 Å². The first kappa shape index (κ1) is 17.0. The monoisotopic (exact) mass is 317 g/mol. The molecule has 1 aromatic rings. The summed E-state index contributed by atoms with van der Waals surface area (Å²) < 4.78 is 22.0. The van der Waals surface area contributed by atoms with Gasteiger partial charge in [-0.3, -0.25) is 4.99 Å². The van der Waals surface area contributed by atoms with Crippen LogP contribution in [-0.4, -0.2) is 40.0 Å². The number of thiophene rings is 1. The van der Waals surface area contributed by atoms with E-state index in [9.17, 15) is 8.42 Å². The van der Waals surface area contributed by atoms with E-state index in [0.717, 1.165) is 13.0 Å². The van der Waals surface area contributed by atoms with Gasteiger partial charge in [0.05, 0.1) is 12.3 Å². The fourth-order valence-corrected chi connectivity index (χ4v) is 3.21. The Morgan fingerprint density at radius 2 is 2.00 bits per heavy atom. The molecule has 1 rings (SSSR count). The van der Waals surface area contributed by atoms with Crippen molar-refractivity contribution >= 4 is 27.1 Å². The maximum absolute atomic E-state index is 11.0. The average Bonchev–Trinajstić information content (AvgIpc) is 2.84. The second-order valence-corrected chi connectivity index (χ2v) is 8.07. The number of aliphatic imine (C=N–C) groups is 1. The molecule has 0 saturated carbocycles. The quantitative estimate of drug-likeness (QED) is 0.453. The smallest absolute Gasteiger partial charge is 0.191 e. The molecule has 1 heterocycles. The van der Waals surface area contributed by atoms with Crippen molar-refractivity contribution in [2.75, 3.05) is 25.6 Å². The maximum atomic E-state index is 11.0. The van der Waals surface area contributed by atoms with E-state index in [4.69, 9.17) is 0 Å². The maximum Gasteiger partial charge on any atom is 0.191 e. The lowest BCUT2D eigenvalue weighted by Gasteiger charge is -2.10. The zero-order valence-corrected chi connectivity index (χ0v) is 13.9. The standard InChI is InChI=1S/C13H23N3O2S2/c1-4-11-6-7-12(19-11)10-16-13(14-2)15-8-5-9-20(3,17)18/h6-7H,4-5,8-10H2,1-3H3,(H2,14,15,16). The Hall–Kier alpha value is -1.08. The van der Waals surface area contributed by atoms with Crippen LogP contribution < -0.4 is 10.6 Å². The molecule has 0 aliphatic heterocycles. The number of nitrogens with one attached hydrogen (secondary N) is 2. The predicted molar refractivity (Wildman–Crippen MR) is 86.2 cm³/mol. The number of hydrogen-bond donors (Lipinski definition) is 2. The number of hydrogen-bond acceptors (Lipinski definition) is 4. The Balaban J connectivity index is 2.29. The summed E-state index contributed by atoms with van der Waals surface area (Å²) in [6.45, 7) is 3.47. The predicted octanol–water partition coefficient (Wildman–Crippen LogP) is 1.41. The second kappa shape index (κ2) is 8.26. The average molecular weight is 317 g/mol. The molecule has 2 N–H and O–H groups in total. The van der Waals surface area contributed by atoms with Gasteiger partial charge in [-0.15, -0.1) is 11.3 Å². The van der Waals surface area contributed by atoms with Crippen LogP contribution in [0, 0.1) is 0 Å². The molecule has 0 aliphatic carbocycles. The SMILES string of the molecule is CCc1ccc(CNC(=NC)NCCCS(C)(=O)=O)s1. The summed E-state index contributed by atoms with van der Waals surface area (Å²) in [5, 5.41) is 6.33. The Morgan fingerprint density at radius 3 is 2.55 bits per heavy atom. The largest absolute Gasteiger partial charge is 0.356 e. The zero-order valence-electron chi connectivity index (χ0n) is 12.3. The first-order chi connectivity index (χ1) is 9.44. The lowest BCUT2D eigenvalue weighted by Crippen LogP contribution is -2.37. The van der Waals surface area contributed by atoms with Gasteiger partial charge in [0.1, 0.15) is 9.84 Å². The van der Waals surface area contributed by atoms with Crippen LogP contribution in [0.15, 0.2) is 17.1 Å². The first-order valence-electron chi connectivity index (χ1n) is 6.64. The molecule has 0 unspecified atom stereocenters. The van der Waals surface area contributed by atoms with E-state index in [1.54, 1.807) is 18.4 Å². The molecule has 0 fully saturated rings. The van der Waals surface area contributed by atoms with E-state index in [1.165, 1.54) is 16.0 Å². The minimum atomic E-state index is -2.88. The first-order valence-corrected chi connectivity index (χ1v) is 9.52. The van der Waals surface area contributed by atoms with Gasteiger partial charge in [0.15, 0.2) is 5.96 Å². The van der Waals surface area contributed by atoms with Crippen molar-refractivity contribution in [1.82, 2.24) is 10.6 Å². The van der Waals surface area contributed by atoms with Gasteiger partial charge in [0.2, 0.25) is 0 Å². The van der Waals surface area contributed by atoms with E-state index in [2.05, 4.69) is 34.7 Å². The fraction of sp³-hybridized carbons (Fsp3) is 0.615. The van der Waals surface area contributed by atoms with Gasteiger partial charge in [-0.2, -0.15) is 0 Å². The summed E-state index contributed by atoms with van der Waals surface area (Å²) >= 11 is 1.79. The van der Waals surface area contributed by atoms with E-state index in [1.807, 2.05) is 0 Å². The Kier molecular flexibility index (Phi) is 7.01. The van der Waals surface area contributed by atoms with Crippen LogP contribution in [0.4, 0.5) is 0 Å². The summed E-state index contributed by atoms with van der Waals surface area (Å²) in [7, 11) is -1.18. The molecule has 0 spiro atoms. The van der Waals surface area contributed by atoms with Crippen molar-refractivity contribution in [2.45, 2.75) is 26.3 Å². The Bertz CT molecular complexity index is 536. The Morgan fingerprint density at radius 1 is 1.30 bits per heavy atom. The summed E-state index contributed by atoms with van der Waals surface area (Å²) in [6.07, 6.45) is 2.89. The highest BCUT2D eigenvalue weighted by Crippen LogP contribution is 2.16. The minimum absolute atomic E-state index is 0.196. The molecule has 0 saturated heterocycles. The number of nitrogens with zero attached hydrogens (tertiary/aromatic N) is 1. The number of rotatable bonds is 7. The van der Waals surface area contributed by atoms with Crippen molar-refractivity contribution in [3.63, 3.8) is 0 Å². The number of aryl methyl sites for hydroxylation is 1. The topological polar surface area (TPSA) is 70.6 Å². The fourth-order valence-electron chi connectivity index (χ4n) is 1.64. The van der Waals surface area contributed by atoms with E-state index < -0.39 is 9.84 Å². The lowest BCUT2D eigenvalue weighted by atomic mass is 10.3. The van der Waals surface area contributed by atoms with Crippen molar-refractivity contribution in [3.8, 4) is 0 Å². The molecule has 114 valence electrons. The van der Waals surface area contributed by atoms with Crippen LogP contribution in [0.25, 0.3) is 0 Å². The molecule has 7 heteroatoms. The van der Waals surface area contributed by atoms with Gasteiger partial charge in [0.25, 0.3) is 0 Å². The van der Waals surface area contributed by atoms with Crippen LogP contribution in [0.5, 0.6) is 0 Å². The van der Waals surface area contributed by atoms with Crippen molar-refractivity contribution in [3.05, 3.63) is 21.9 Å². The molecule has 0 aliphatic rings. The second-order valence-electron chi connectivity index (χ2n) is 4.56. The van der Waals surface area contributed by atoms with Crippen LogP contribution in [0.1, 0.15) is 23.1 Å². The van der Waals surface area contributed by atoms with E-state index >= 15 is 0 Å². The minimum Gasteiger partial charge on any atom is -0.356 e. The lowest BCUT2D eigenvalue weighted by molar-refractivity contribution is 0.598. The highest BCUT2D eigenvalue weighted by atomic mass is 32.2. The molecule has 0 amide bonds. The van der Waals surface area contributed by atoms with Gasteiger partial charge in [0, 0.05) is 29.6 Å². The molecule has 0 bridgehead atoms. The van der Waals surface area contributed by atoms with Gasteiger partial charge >= 0.3 is 0 Å². The van der Waals surface area contributed by atoms with Gasteiger partial charge in [-0.05, 0) is 25.0 Å². The van der Waals surface area contributed by atoms with Crippen molar-refractivity contribution in [2.24, 2.45) is 4.99 Å². The summed E-state index contributed by atoms with van der Waals surface area (Å²) in [4.78, 5) is 6.75. The van der Waals surface area contributed by atoms with Crippen molar-refractivity contribution in [1.29, 1.82) is 0 Å². The molecule has 0 radical (unpaired) electrons. The third-order valence-corrected chi connectivity index (χ3v) is 4.96.